The van der Waals surface area contributed by atoms with E-state index >= 15 is 0 Å². The van der Waals surface area contributed by atoms with Crippen LogP contribution in [0.1, 0.15) is 22.3 Å². The average Bonchev–Trinajstić information content (AvgIpc) is 2.30. The number of nitrogens with one attached hydrogen (secondary N) is 1. The van der Waals surface area contributed by atoms with E-state index in [1.807, 2.05) is 6.07 Å². The first-order chi connectivity index (χ1) is 7.71. The van der Waals surface area contributed by atoms with Gasteiger partial charge in [-0.3, -0.25) is 9.59 Å². The number of nitriles is 2. The minimum atomic E-state index is -0.488. The molecule has 1 aromatic rings. The molecule has 0 aliphatic carbocycles. The van der Waals surface area contributed by atoms with E-state index in [1.54, 1.807) is 6.07 Å². The smallest absolute Gasteiger partial charge is 0.238 e. The fourth-order valence-corrected chi connectivity index (χ4v) is 1.10. The lowest BCUT2D eigenvalue weighted by molar-refractivity contribution is -0.115. The van der Waals surface area contributed by atoms with Gasteiger partial charge in [-0.1, -0.05) is 0 Å². The molecule has 5 nitrogen and oxygen atoms in total. The molecular formula is C11H7N3O2. The predicted molar refractivity (Wildman–Crippen MR) is 55.4 cm³/mol. The lowest BCUT2D eigenvalue weighted by Crippen LogP contribution is -2.11. The lowest BCUT2D eigenvalue weighted by atomic mass is 10.1. The van der Waals surface area contributed by atoms with Gasteiger partial charge < -0.3 is 5.32 Å². The van der Waals surface area contributed by atoms with Crippen molar-refractivity contribution in [3.8, 4) is 12.1 Å². The number of amides is 1. The molecule has 1 N–H and O–H groups in total. The van der Waals surface area contributed by atoms with E-state index in [-0.39, 0.29) is 12.0 Å². The molecule has 0 spiro atoms. The van der Waals surface area contributed by atoms with Crippen LogP contribution < -0.4 is 5.32 Å². The number of carbonyl (C=O) groups excluding carboxylic acids is 2. The normalized spacial score (nSPS) is 8.62. The summed E-state index contributed by atoms with van der Waals surface area (Å²) >= 11 is 0. The molecule has 0 saturated heterocycles. The third kappa shape index (κ3) is 2.66. The zero-order valence-electron chi connectivity index (χ0n) is 8.23. The van der Waals surface area contributed by atoms with Crippen molar-refractivity contribution in [3.05, 3.63) is 29.3 Å². The first-order valence-corrected chi connectivity index (χ1v) is 4.37. The molecule has 0 aliphatic heterocycles. The third-order valence-electron chi connectivity index (χ3n) is 1.81. The second kappa shape index (κ2) is 5.28. The summed E-state index contributed by atoms with van der Waals surface area (Å²) in [6.45, 7) is 0. The predicted octanol–water partition coefficient (Wildman–Crippen LogP) is 1.22. The zero-order valence-corrected chi connectivity index (χ0v) is 8.23. The van der Waals surface area contributed by atoms with Gasteiger partial charge in [-0.15, -0.1) is 0 Å². The van der Waals surface area contributed by atoms with Gasteiger partial charge in [0.05, 0.1) is 17.3 Å². The first-order valence-electron chi connectivity index (χ1n) is 4.37. The van der Waals surface area contributed by atoms with Gasteiger partial charge in [-0.05, 0) is 18.2 Å². The van der Waals surface area contributed by atoms with Crippen LogP contribution in [0.4, 0.5) is 5.69 Å². The minimum Gasteiger partial charge on any atom is -0.324 e. The van der Waals surface area contributed by atoms with Gasteiger partial charge in [0, 0.05) is 5.56 Å². The van der Waals surface area contributed by atoms with E-state index < -0.39 is 5.91 Å². The van der Waals surface area contributed by atoms with Crippen LogP contribution in [0, 0.1) is 22.7 Å². The Hall–Kier alpha value is -2.66. The quantitative estimate of drug-likeness (QED) is 0.764. The fourth-order valence-electron chi connectivity index (χ4n) is 1.10. The van der Waals surface area contributed by atoms with Crippen LogP contribution >= 0.6 is 0 Å². The summed E-state index contributed by atoms with van der Waals surface area (Å²) in [4.78, 5) is 21.6. The Kier molecular flexibility index (Phi) is 3.77. The second-order valence-electron chi connectivity index (χ2n) is 2.92. The number of aldehydes is 1. The Morgan fingerprint density at radius 1 is 1.44 bits per heavy atom. The summed E-state index contributed by atoms with van der Waals surface area (Å²) in [7, 11) is 0. The summed E-state index contributed by atoms with van der Waals surface area (Å²) in [5, 5.41) is 19.5. The van der Waals surface area contributed by atoms with Crippen molar-refractivity contribution >= 4 is 17.9 Å². The van der Waals surface area contributed by atoms with Gasteiger partial charge in [0.2, 0.25) is 5.91 Å². The molecule has 0 radical (unpaired) electrons. The molecule has 1 rings (SSSR count). The van der Waals surface area contributed by atoms with Crippen LogP contribution in [0.15, 0.2) is 18.2 Å². The second-order valence-corrected chi connectivity index (χ2v) is 2.92. The molecule has 0 bridgehead atoms. The average molecular weight is 213 g/mol. The number of benzene rings is 1. The van der Waals surface area contributed by atoms with Crippen molar-refractivity contribution in [1.82, 2.24) is 0 Å². The van der Waals surface area contributed by atoms with E-state index in [0.717, 1.165) is 0 Å². The first kappa shape index (κ1) is 11.4. The molecule has 5 heteroatoms. The van der Waals surface area contributed by atoms with Crippen LogP contribution in [0.5, 0.6) is 0 Å². The van der Waals surface area contributed by atoms with Crippen LogP contribution in [0.2, 0.25) is 0 Å². The van der Waals surface area contributed by atoms with E-state index in [1.165, 1.54) is 18.2 Å². The molecule has 0 unspecified atom stereocenters. The Labute approximate surface area is 91.9 Å². The monoisotopic (exact) mass is 213 g/mol. The number of carbonyl (C=O) groups is 2. The maximum Gasteiger partial charge on any atom is 0.238 e. The molecule has 0 saturated carbocycles. The Morgan fingerprint density at radius 2 is 2.19 bits per heavy atom. The standard InChI is InChI=1S/C11H7N3O2/c12-4-3-11(16)14-10-2-1-8(7-15)5-9(10)6-13/h1-2,5,7H,3H2,(H,14,16). The molecule has 0 fully saturated rings. The highest BCUT2D eigenvalue weighted by atomic mass is 16.1. The van der Waals surface area contributed by atoms with E-state index in [0.29, 0.717) is 17.5 Å². The maximum atomic E-state index is 11.1. The van der Waals surface area contributed by atoms with Gasteiger partial charge in [-0.2, -0.15) is 10.5 Å². The summed E-state index contributed by atoms with van der Waals surface area (Å²) < 4.78 is 0. The van der Waals surface area contributed by atoms with Crippen LogP contribution in [-0.2, 0) is 4.79 Å². The molecular weight excluding hydrogens is 206 g/mol. The topological polar surface area (TPSA) is 93.8 Å². The van der Waals surface area contributed by atoms with Gasteiger partial charge in [0.1, 0.15) is 18.8 Å². The summed E-state index contributed by atoms with van der Waals surface area (Å²) in [6.07, 6.45) is 0.335. The minimum absolute atomic E-state index is 0.191. The third-order valence-corrected chi connectivity index (χ3v) is 1.81. The van der Waals surface area contributed by atoms with E-state index in [9.17, 15) is 9.59 Å². The van der Waals surface area contributed by atoms with Crippen molar-refractivity contribution in [2.45, 2.75) is 6.42 Å². The lowest BCUT2D eigenvalue weighted by Gasteiger charge is -2.05. The fraction of sp³-hybridized carbons (Fsp3) is 0.0909. The molecule has 78 valence electrons. The molecule has 0 heterocycles. The number of hydrogen-bond donors (Lipinski definition) is 1. The SMILES string of the molecule is N#CCC(=O)Nc1ccc(C=O)cc1C#N. The Morgan fingerprint density at radius 3 is 2.75 bits per heavy atom. The molecule has 1 aromatic carbocycles. The molecule has 16 heavy (non-hydrogen) atoms. The Bertz CT molecular complexity index is 509. The highest BCUT2D eigenvalue weighted by molar-refractivity contribution is 5.93. The molecule has 0 aromatic heterocycles. The van der Waals surface area contributed by atoms with Crippen LogP contribution in [0.3, 0.4) is 0 Å². The van der Waals surface area contributed by atoms with Crippen molar-refractivity contribution in [1.29, 1.82) is 10.5 Å². The van der Waals surface area contributed by atoms with Gasteiger partial charge in [0.15, 0.2) is 0 Å². The summed E-state index contributed by atoms with van der Waals surface area (Å²) in [6, 6.07) is 7.87. The van der Waals surface area contributed by atoms with Crippen LogP contribution in [0.25, 0.3) is 0 Å². The highest BCUT2D eigenvalue weighted by Crippen LogP contribution is 2.16. The number of nitrogens with zero attached hydrogens (tertiary/aromatic N) is 2. The van der Waals surface area contributed by atoms with Gasteiger partial charge in [0.25, 0.3) is 0 Å². The zero-order chi connectivity index (χ0) is 12.0. The molecule has 0 atom stereocenters. The van der Waals surface area contributed by atoms with Gasteiger partial charge >= 0.3 is 0 Å². The molecule has 1 amide bonds. The van der Waals surface area contributed by atoms with Crippen molar-refractivity contribution in [2.24, 2.45) is 0 Å². The largest absolute Gasteiger partial charge is 0.324 e. The number of rotatable bonds is 3. The van der Waals surface area contributed by atoms with Crippen molar-refractivity contribution < 1.29 is 9.59 Å². The Balaban J connectivity index is 2.98. The number of hydrogen-bond acceptors (Lipinski definition) is 4. The number of anilines is 1. The highest BCUT2D eigenvalue weighted by Gasteiger charge is 2.06. The summed E-state index contributed by atoms with van der Waals surface area (Å²) in [5.41, 5.74) is 0.846. The van der Waals surface area contributed by atoms with Crippen molar-refractivity contribution in [2.75, 3.05) is 5.32 Å². The molecule has 0 aliphatic rings. The summed E-state index contributed by atoms with van der Waals surface area (Å²) in [5.74, 6) is -0.488. The van der Waals surface area contributed by atoms with Crippen LogP contribution in [-0.4, -0.2) is 12.2 Å². The van der Waals surface area contributed by atoms with E-state index in [2.05, 4.69) is 5.32 Å². The van der Waals surface area contributed by atoms with E-state index in [4.69, 9.17) is 10.5 Å². The maximum absolute atomic E-state index is 11.1. The van der Waals surface area contributed by atoms with Crippen molar-refractivity contribution in [3.63, 3.8) is 0 Å². The van der Waals surface area contributed by atoms with Gasteiger partial charge in [-0.25, -0.2) is 0 Å².